The fourth-order valence-corrected chi connectivity index (χ4v) is 3.57. The van der Waals surface area contributed by atoms with Crippen LogP contribution in [0.15, 0.2) is 53.2 Å². The Labute approximate surface area is 159 Å². The summed E-state index contributed by atoms with van der Waals surface area (Å²) in [6, 6.07) is 14.2. The van der Waals surface area contributed by atoms with Crippen LogP contribution in [0.2, 0.25) is 0 Å². The Hall–Kier alpha value is -2.73. The van der Waals surface area contributed by atoms with Crippen molar-refractivity contribution in [1.82, 2.24) is 15.1 Å². The number of piperidine rings is 1. The van der Waals surface area contributed by atoms with Crippen LogP contribution in [0.3, 0.4) is 0 Å². The Morgan fingerprint density at radius 1 is 1.19 bits per heavy atom. The third-order valence-corrected chi connectivity index (χ3v) is 4.91. The average molecular weight is 364 g/mol. The van der Waals surface area contributed by atoms with Gasteiger partial charge in [0.05, 0.1) is 12.2 Å². The van der Waals surface area contributed by atoms with Gasteiger partial charge in [-0.1, -0.05) is 35.5 Å². The maximum absolute atomic E-state index is 5.43. The quantitative estimate of drug-likeness (QED) is 0.666. The van der Waals surface area contributed by atoms with Crippen LogP contribution in [0.5, 0.6) is 0 Å². The van der Waals surface area contributed by atoms with E-state index in [2.05, 4.69) is 32.2 Å². The summed E-state index contributed by atoms with van der Waals surface area (Å²) in [5.41, 5.74) is 2.00. The molecule has 1 fully saturated rings. The van der Waals surface area contributed by atoms with Crippen LogP contribution in [-0.2, 0) is 11.2 Å². The monoisotopic (exact) mass is 364 g/mol. The fourth-order valence-electron chi connectivity index (χ4n) is 3.57. The van der Waals surface area contributed by atoms with E-state index in [9.17, 15) is 0 Å². The number of hydrogen-bond donors (Lipinski definition) is 0. The van der Waals surface area contributed by atoms with Crippen LogP contribution in [0, 0.1) is 5.92 Å². The number of methoxy groups -OCH3 is 1. The van der Waals surface area contributed by atoms with E-state index >= 15 is 0 Å². The van der Waals surface area contributed by atoms with E-state index < -0.39 is 0 Å². The summed E-state index contributed by atoms with van der Waals surface area (Å²) >= 11 is 0. The molecule has 1 saturated heterocycles. The van der Waals surface area contributed by atoms with Crippen molar-refractivity contribution in [3.63, 3.8) is 0 Å². The van der Waals surface area contributed by atoms with Gasteiger partial charge in [-0.25, -0.2) is 4.98 Å². The molecule has 27 heavy (non-hydrogen) atoms. The molecule has 3 aromatic rings. The topological polar surface area (TPSA) is 64.3 Å². The van der Waals surface area contributed by atoms with Gasteiger partial charge in [0.15, 0.2) is 5.82 Å². The molecule has 0 spiro atoms. The molecule has 0 aliphatic carbocycles. The molecule has 0 N–H and O–H groups in total. The zero-order valence-electron chi connectivity index (χ0n) is 15.5. The fraction of sp³-hybridized carbons (Fsp3) is 0.381. The van der Waals surface area contributed by atoms with Gasteiger partial charge in [0.1, 0.15) is 5.82 Å². The summed E-state index contributed by atoms with van der Waals surface area (Å²) in [5, 5.41) is 4.09. The van der Waals surface area contributed by atoms with Crippen molar-refractivity contribution in [3.8, 4) is 11.5 Å². The molecule has 1 aromatic carbocycles. The second-order valence-electron chi connectivity index (χ2n) is 6.99. The van der Waals surface area contributed by atoms with E-state index in [1.54, 1.807) is 7.11 Å². The van der Waals surface area contributed by atoms with Crippen molar-refractivity contribution in [2.75, 3.05) is 31.7 Å². The van der Waals surface area contributed by atoms with Crippen LogP contribution >= 0.6 is 0 Å². The van der Waals surface area contributed by atoms with Gasteiger partial charge >= 0.3 is 0 Å². The lowest BCUT2D eigenvalue weighted by Crippen LogP contribution is -2.37. The van der Waals surface area contributed by atoms with Crippen molar-refractivity contribution in [1.29, 1.82) is 0 Å². The van der Waals surface area contributed by atoms with Crippen LogP contribution in [0.25, 0.3) is 11.5 Å². The van der Waals surface area contributed by atoms with Crippen molar-refractivity contribution in [3.05, 3.63) is 60.0 Å². The first kappa shape index (κ1) is 17.7. The standard InChI is InChI=1S/C21H24N4O2/c1-26-15-17-8-5-11-25(14-17)20-10-9-18(13-22-20)21-23-19(24-27-21)12-16-6-3-2-4-7-16/h2-4,6-7,9-10,13,17H,5,8,11-12,14-15H2,1H3/t17-/m1/s1. The number of pyridine rings is 1. The number of hydrogen-bond acceptors (Lipinski definition) is 6. The summed E-state index contributed by atoms with van der Waals surface area (Å²) < 4.78 is 10.7. The minimum Gasteiger partial charge on any atom is -0.384 e. The highest BCUT2D eigenvalue weighted by Gasteiger charge is 2.21. The van der Waals surface area contributed by atoms with E-state index in [4.69, 9.17) is 9.26 Å². The molecule has 6 nitrogen and oxygen atoms in total. The summed E-state index contributed by atoms with van der Waals surface area (Å²) in [7, 11) is 1.77. The molecule has 0 bridgehead atoms. The highest BCUT2D eigenvalue weighted by Crippen LogP contribution is 2.24. The number of ether oxygens (including phenoxy) is 1. The van der Waals surface area contributed by atoms with Gasteiger partial charge in [0.2, 0.25) is 0 Å². The molecule has 6 heteroatoms. The van der Waals surface area contributed by atoms with E-state index in [1.165, 1.54) is 12.8 Å². The Bertz CT molecular complexity index is 846. The first-order valence-corrected chi connectivity index (χ1v) is 9.38. The maximum atomic E-state index is 5.43. The van der Waals surface area contributed by atoms with Gasteiger partial charge in [-0.15, -0.1) is 0 Å². The minimum atomic E-state index is 0.510. The zero-order chi connectivity index (χ0) is 18.5. The molecule has 0 radical (unpaired) electrons. The van der Waals surface area contributed by atoms with Gasteiger partial charge < -0.3 is 14.2 Å². The number of benzene rings is 1. The lowest BCUT2D eigenvalue weighted by Gasteiger charge is -2.33. The van der Waals surface area contributed by atoms with Crippen molar-refractivity contribution in [2.45, 2.75) is 19.3 Å². The summed E-state index contributed by atoms with van der Waals surface area (Å²) in [5.74, 6) is 2.75. The summed E-state index contributed by atoms with van der Waals surface area (Å²) in [6.45, 7) is 2.83. The Morgan fingerprint density at radius 3 is 2.85 bits per heavy atom. The van der Waals surface area contributed by atoms with Gasteiger partial charge in [0.25, 0.3) is 5.89 Å². The van der Waals surface area contributed by atoms with Crippen molar-refractivity contribution >= 4 is 5.82 Å². The Morgan fingerprint density at radius 2 is 2.07 bits per heavy atom. The normalized spacial score (nSPS) is 17.2. The molecule has 140 valence electrons. The smallest absolute Gasteiger partial charge is 0.259 e. The number of aromatic nitrogens is 3. The predicted octanol–water partition coefficient (Wildman–Crippen LogP) is 3.59. The first-order valence-electron chi connectivity index (χ1n) is 9.38. The average Bonchev–Trinajstić information content (AvgIpc) is 3.18. The first-order chi connectivity index (χ1) is 13.3. The van der Waals surface area contributed by atoms with E-state index in [0.29, 0.717) is 24.1 Å². The van der Waals surface area contributed by atoms with Crippen LogP contribution in [-0.4, -0.2) is 41.9 Å². The molecule has 0 amide bonds. The molecule has 3 heterocycles. The molecule has 0 unspecified atom stereocenters. The third-order valence-electron chi connectivity index (χ3n) is 4.91. The van der Waals surface area contributed by atoms with Gasteiger partial charge in [-0.2, -0.15) is 4.98 Å². The lowest BCUT2D eigenvalue weighted by atomic mass is 9.99. The van der Waals surface area contributed by atoms with Gasteiger partial charge in [0, 0.05) is 32.8 Å². The molecular weight excluding hydrogens is 340 g/mol. The highest BCUT2D eigenvalue weighted by molar-refractivity contribution is 5.54. The minimum absolute atomic E-state index is 0.510. The number of rotatable bonds is 6. The van der Waals surface area contributed by atoms with Crippen LogP contribution in [0.1, 0.15) is 24.2 Å². The van der Waals surface area contributed by atoms with Crippen LogP contribution < -0.4 is 4.90 Å². The molecule has 0 saturated carbocycles. The molecule has 1 aliphatic heterocycles. The SMILES string of the molecule is COC[C@@H]1CCCN(c2ccc(-c3nc(Cc4ccccc4)no3)cn2)C1. The van der Waals surface area contributed by atoms with Crippen molar-refractivity contribution in [2.24, 2.45) is 5.92 Å². The van der Waals surface area contributed by atoms with E-state index in [-0.39, 0.29) is 0 Å². The third kappa shape index (κ3) is 4.34. The van der Waals surface area contributed by atoms with Crippen molar-refractivity contribution < 1.29 is 9.26 Å². The molecule has 4 rings (SSSR count). The number of anilines is 1. The zero-order valence-corrected chi connectivity index (χ0v) is 15.5. The largest absolute Gasteiger partial charge is 0.384 e. The Balaban J connectivity index is 1.43. The molecular formula is C21H24N4O2. The highest BCUT2D eigenvalue weighted by atomic mass is 16.5. The molecule has 2 aromatic heterocycles. The van der Waals surface area contributed by atoms with Crippen LogP contribution in [0.4, 0.5) is 5.82 Å². The number of nitrogens with zero attached hydrogens (tertiary/aromatic N) is 4. The van der Waals surface area contributed by atoms with E-state index in [1.807, 2.05) is 36.5 Å². The lowest BCUT2D eigenvalue weighted by molar-refractivity contribution is 0.143. The second kappa shape index (κ2) is 8.31. The predicted molar refractivity (Wildman–Crippen MR) is 104 cm³/mol. The molecule has 1 atom stereocenters. The summed E-state index contributed by atoms with van der Waals surface area (Å²) in [6.07, 6.45) is 4.86. The second-order valence-corrected chi connectivity index (χ2v) is 6.99. The molecule has 1 aliphatic rings. The maximum Gasteiger partial charge on any atom is 0.259 e. The van der Waals surface area contributed by atoms with E-state index in [0.717, 1.165) is 36.6 Å². The van der Waals surface area contributed by atoms with Gasteiger partial charge in [-0.05, 0) is 36.5 Å². The Kier molecular flexibility index (Phi) is 5.44. The summed E-state index contributed by atoms with van der Waals surface area (Å²) in [4.78, 5) is 11.5. The van der Waals surface area contributed by atoms with Gasteiger partial charge in [-0.3, -0.25) is 0 Å².